The highest BCUT2D eigenvalue weighted by atomic mass is 35.5. The first kappa shape index (κ1) is 16.3. The van der Waals surface area contributed by atoms with Gasteiger partial charge in [0.25, 0.3) is 5.91 Å². The van der Waals surface area contributed by atoms with Gasteiger partial charge in [0, 0.05) is 5.54 Å². The lowest BCUT2D eigenvalue weighted by molar-refractivity contribution is 0.0887. The number of carbonyl (C=O) groups is 1. The normalized spacial score (nSPS) is 17.4. The Bertz CT molecular complexity index is 457. The maximum absolute atomic E-state index is 12.3. The number of carbonyl (C=O) groups excluding carboxylic acids is 1. The third-order valence-corrected chi connectivity index (χ3v) is 4.06. The van der Waals surface area contributed by atoms with Crippen molar-refractivity contribution >= 4 is 29.9 Å². The Balaban J connectivity index is 0.00000180. The second-order valence-electron chi connectivity index (χ2n) is 5.20. The highest BCUT2D eigenvalue weighted by Gasteiger charge is 2.29. The van der Waals surface area contributed by atoms with Gasteiger partial charge in [-0.3, -0.25) is 4.79 Å². The largest absolute Gasteiger partial charge is 0.347 e. The first-order valence-corrected chi connectivity index (χ1v) is 6.68. The molecule has 0 saturated carbocycles. The van der Waals surface area contributed by atoms with Gasteiger partial charge < -0.3 is 10.6 Å². The Kier molecular flexibility index (Phi) is 5.65. The minimum atomic E-state index is -0.130. The highest BCUT2D eigenvalue weighted by Crippen LogP contribution is 2.23. The van der Waals surface area contributed by atoms with Gasteiger partial charge in [0.2, 0.25) is 0 Å². The molecule has 1 aliphatic heterocycles. The molecule has 1 aromatic carbocycles. The van der Waals surface area contributed by atoms with Gasteiger partial charge in [0.05, 0.1) is 10.6 Å². The van der Waals surface area contributed by atoms with Crippen LogP contribution in [0.5, 0.6) is 0 Å². The van der Waals surface area contributed by atoms with E-state index < -0.39 is 0 Å². The predicted molar refractivity (Wildman–Crippen MR) is 81.4 cm³/mol. The van der Waals surface area contributed by atoms with Crippen molar-refractivity contribution in [3.05, 3.63) is 34.3 Å². The van der Waals surface area contributed by atoms with Gasteiger partial charge in [-0.15, -0.1) is 12.4 Å². The molecule has 1 amide bonds. The molecule has 19 heavy (non-hydrogen) atoms. The van der Waals surface area contributed by atoms with Gasteiger partial charge in [-0.05, 0) is 51.4 Å². The molecule has 1 saturated heterocycles. The van der Waals surface area contributed by atoms with Crippen LogP contribution in [0.3, 0.4) is 0 Å². The standard InChI is InChI=1S/C14H19ClN2O.ClH/c1-10-4-3-5-11(12(10)15)13(18)17-14(2)6-8-16-9-7-14;/h3-5,16H,6-9H2,1-2H3,(H,17,18);1H. The molecule has 0 aromatic heterocycles. The van der Waals surface area contributed by atoms with Crippen molar-refractivity contribution in [1.29, 1.82) is 0 Å². The summed E-state index contributed by atoms with van der Waals surface area (Å²) < 4.78 is 0. The Morgan fingerprint density at radius 3 is 2.63 bits per heavy atom. The van der Waals surface area contributed by atoms with Crippen molar-refractivity contribution in [2.45, 2.75) is 32.2 Å². The molecule has 0 aliphatic carbocycles. The number of hydrogen-bond acceptors (Lipinski definition) is 2. The van der Waals surface area contributed by atoms with Crippen LogP contribution >= 0.6 is 24.0 Å². The SMILES string of the molecule is Cc1cccc(C(=O)NC2(C)CCNCC2)c1Cl.Cl. The van der Waals surface area contributed by atoms with Gasteiger partial charge >= 0.3 is 0 Å². The molecule has 2 N–H and O–H groups in total. The Morgan fingerprint density at radius 1 is 1.37 bits per heavy atom. The van der Waals surface area contributed by atoms with E-state index in [1.807, 2.05) is 19.1 Å². The molecular formula is C14H20Cl2N2O. The first-order valence-electron chi connectivity index (χ1n) is 6.30. The lowest BCUT2D eigenvalue weighted by Gasteiger charge is -2.35. The van der Waals surface area contributed by atoms with Crippen LogP contribution in [0, 0.1) is 6.92 Å². The number of piperidine rings is 1. The summed E-state index contributed by atoms with van der Waals surface area (Å²) in [7, 11) is 0. The highest BCUT2D eigenvalue weighted by molar-refractivity contribution is 6.34. The summed E-state index contributed by atoms with van der Waals surface area (Å²) >= 11 is 6.18. The zero-order valence-corrected chi connectivity index (χ0v) is 12.8. The number of benzene rings is 1. The molecule has 1 heterocycles. The van der Waals surface area contributed by atoms with Crippen LogP contribution in [0.1, 0.15) is 35.7 Å². The fraction of sp³-hybridized carbons (Fsp3) is 0.500. The van der Waals surface area contributed by atoms with E-state index in [-0.39, 0.29) is 23.9 Å². The lowest BCUT2D eigenvalue weighted by Crippen LogP contribution is -2.52. The van der Waals surface area contributed by atoms with Crippen molar-refractivity contribution in [3.8, 4) is 0 Å². The van der Waals surface area contributed by atoms with E-state index in [0.717, 1.165) is 31.5 Å². The Hall–Kier alpha value is -0.770. The van der Waals surface area contributed by atoms with E-state index in [2.05, 4.69) is 17.6 Å². The Labute approximate surface area is 125 Å². The molecule has 0 unspecified atom stereocenters. The maximum Gasteiger partial charge on any atom is 0.253 e. The van der Waals surface area contributed by atoms with Gasteiger partial charge in [-0.2, -0.15) is 0 Å². The molecule has 3 nitrogen and oxygen atoms in total. The second kappa shape index (κ2) is 6.60. The summed E-state index contributed by atoms with van der Waals surface area (Å²) in [6.45, 7) is 5.89. The molecule has 5 heteroatoms. The van der Waals surface area contributed by atoms with Crippen LogP contribution in [0.25, 0.3) is 0 Å². The van der Waals surface area contributed by atoms with Crippen LogP contribution in [-0.2, 0) is 0 Å². The molecule has 106 valence electrons. The third-order valence-electron chi connectivity index (χ3n) is 3.56. The lowest BCUT2D eigenvalue weighted by atomic mass is 9.90. The first-order chi connectivity index (χ1) is 8.52. The second-order valence-corrected chi connectivity index (χ2v) is 5.58. The number of amides is 1. The van der Waals surface area contributed by atoms with E-state index in [4.69, 9.17) is 11.6 Å². The van der Waals surface area contributed by atoms with Crippen molar-refractivity contribution in [2.75, 3.05) is 13.1 Å². The third kappa shape index (κ3) is 3.85. The maximum atomic E-state index is 12.3. The summed E-state index contributed by atoms with van der Waals surface area (Å²) in [6, 6.07) is 5.54. The van der Waals surface area contributed by atoms with Gasteiger partial charge in [-0.1, -0.05) is 23.7 Å². The van der Waals surface area contributed by atoms with Gasteiger partial charge in [-0.25, -0.2) is 0 Å². The molecule has 2 rings (SSSR count). The number of halogens is 2. The molecule has 0 bridgehead atoms. The van der Waals surface area contributed by atoms with Crippen molar-refractivity contribution in [1.82, 2.24) is 10.6 Å². The molecule has 0 spiro atoms. The summed E-state index contributed by atoms with van der Waals surface area (Å²) in [4.78, 5) is 12.3. The number of rotatable bonds is 2. The molecule has 1 aromatic rings. The van der Waals surface area contributed by atoms with E-state index >= 15 is 0 Å². The zero-order chi connectivity index (χ0) is 13.2. The predicted octanol–water partition coefficient (Wildman–Crippen LogP) is 2.94. The molecule has 1 fully saturated rings. The van der Waals surface area contributed by atoms with Crippen LogP contribution in [-0.4, -0.2) is 24.5 Å². The summed E-state index contributed by atoms with van der Waals surface area (Å²) in [6.07, 6.45) is 1.89. The number of nitrogens with one attached hydrogen (secondary N) is 2. The minimum Gasteiger partial charge on any atom is -0.347 e. The monoisotopic (exact) mass is 302 g/mol. The van der Waals surface area contributed by atoms with Crippen LogP contribution in [0.2, 0.25) is 5.02 Å². The minimum absolute atomic E-state index is 0. The van der Waals surface area contributed by atoms with Gasteiger partial charge in [0.1, 0.15) is 0 Å². The van der Waals surface area contributed by atoms with Crippen molar-refractivity contribution in [3.63, 3.8) is 0 Å². The smallest absolute Gasteiger partial charge is 0.253 e. The molecule has 0 atom stereocenters. The van der Waals surface area contributed by atoms with Gasteiger partial charge in [0.15, 0.2) is 0 Å². The van der Waals surface area contributed by atoms with E-state index in [9.17, 15) is 4.79 Å². The average Bonchev–Trinajstić information content (AvgIpc) is 2.33. The fourth-order valence-electron chi connectivity index (χ4n) is 2.27. The summed E-state index contributed by atoms with van der Waals surface area (Å²) in [5.41, 5.74) is 1.37. The van der Waals surface area contributed by atoms with Crippen LogP contribution in [0.4, 0.5) is 0 Å². The van der Waals surface area contributed by atoms with Crippen LogP contribution < -0.4 is 10.6 Å². The molecule has 1 aliphatic rings. The van der Waals surface area contributed by atoms with Crippen molar-refractivity contribution < 1.29 is 4.79 Å². The molecular weight excluding hydrogens is 283 g/mol. The van der Waals surface area contributed by atoms with E-state index in [0.29, 0.717) is 10.6 Å². The van der Waals surface area contributed by atoms with E-state index in [1.54, 1.807) is 6.07 Å². The topological polar surface area (TPSA) is 41.1 Å². The molecule has 0 radical (unpaired) electrons. The van der Waals surface area contributed by atoms with Crippen molar-refractivity contribution in [2.24, 2.45) is 0 Å². The average molecular weight is 303 g/mol. The zero-order valence-electron chi connectivity index (χ0n) is 11.3. The number of hydrogen-bond donors (Lipinski definition) is 2. The quantitative estimate of drug-likeness (QED) is 0.882. The Morgan fingerprint density at radius 2 is 2.00 bits per heavy atom. The van der Waals surface area contributed by atoms with E-state index in [1.165, 1.54) is 0 Å². The fourth-order valence-corrected chi connectivity index (χ4v) is 2.48. The number of aryl methyl sites for hydroxylation is 1. The summed E-state index contributed by atoms with van der Waals surface area (Å²) in [5.74, 6) is -0.0758. The van der Waals surface area contributed by atoms with Crippen LogP contribution in [0.15, 0.2) is 18.2 Å². The summed E-state index contributed by atoms with van der Waals surface area (Å²) in [5, 5.41) is 6.96.